The number of hydrogen-bond acceptors (Lipinski definition) is 2. The molecular formula is C13H9Cl2N3. The van der Waals surface area contributed by atoms with Crippen molar-refractivity contribution >= 4 is 40.2 Å². The van der Waals surface area contributed by atoms with Crippen LogP contribution in [0.4, 0.5) is 5.95 Å². The van der Waals surface area contributed by atoms with E-state index in [1.54, 1.807) is 6.07 Å². The molecule has 0 atom stereocenters. The summed E-state index contributed by atoms with van der Waals surface area (Å²) < 4.78 is 1.84. The number of fused-ring (bicyclic) bond motifs is 1. The third-order valence-corrected chi connectivity index (χ3v) is 3.21. The molecule has 2 N–H and O–H groups in total. The summed E-state index contributed by atoms with van der Waals surface area (Å²) in [5.41, 5.74) is 8.54. The molecule has 0 saturated carbocycles. The van der Waals surface area contributed by atoms with Crippen molar-refractivity contribution in [3.8, 4) is 5.69 Å². The number of nitrogens with zero attached hydrogens (tertiary/aromatic N) is 2. The van der Waals surface area contributed by atoms with Gasteiger partial charge < -0.3 is 5.73 Å². The first-order valence-corrected chi connectivity index (χ1v) is 6.10. The second kappa shape index (κ2) is 4.19. The molecule has 3 nitrogen and oxygen atoms in total. The van der Waals surface area contributed by atoms with Crippen molar-refractivity contribution in [1.82, 2.24) is 9.55 Å². The van der Waals surface area contributed by atoms with E-state index in [4.69, 9.17) is 28.9 Å². The Balaban J connectivity index is 2.30. The van der Waals surface area contributed by atoms with Crippen molar-refractivity contribution in [2.45, 2.75) is 0 Å². The number of anilines is 1. The van der Waals surface area contributed by atoms with Gasteiger partial charge in [-0.3, -0.25) is 4.57 Å². The van der Waals surface area contributed by atoms with Gasteiger partial charge in [-0.2, -0.15) is 0 Å². The zero-order valence-electron chi connectivity index (χ0n) is 9.27. The monoisotopic (exact) mass is 277 g/mol. The minimum Gasteiger partial charge on any atom is -0.369 e. The van der Waals surface area contributed by atoms with Gasteiger partial charge in [-0.15, -0.1) is 0 Å². The summed E-state index contributed by atoms with van der Waals surface area (Å²) in [4.78, 5) is 4.30. The lowest BCUT2D eigenvalue weighted by molar-refractivity contribution is 1.11. The summed E-state index contributed by atoms with van der Waals surface area (Å²) in [6, 6.07) is 12.9. The SMILES string of the molecule is Nc1nc2ccc(Cl)cc2n1-c1ccc(Cl)cc1. The molecule has 1 heterocycles. The molecule has 18 heavy (non-hydrogen) atoms. The maximum atomic E-state index is 6.01. The van der Waals surface area contributed by atoms with E-state index in [0.717, 1.165) is 16.7 Å². The number of aromatic nitrogens is 2. The molecule has 0 amide bonds. The van der Waals surface area contributed by atoms with E-state index in [9.17, 15) is 0 Å². The van der Waals surface area contributed by atoms with Crippen molar-refractivity contribution in [1.29, 1.82) is 0 Å². The summed E-state index contributed by atoms with van der Waals surface area (Å²) >= 11 is 11.9. The fourth-order valence-corrected chi connectivity index (χ4v) is 2.22. The Morgan fingerprint density at radius 1 is 0.944 bits per heavy atom. The first-order valence-electron chi connectivity index (χ1n) is 5.34. The van der Waals surface area contributed by atoms with Gasteiger partial charge in [-0.05, 0) is 42.5 Å². The summed E-state index contributed by atoms with van der Waals surface area (Å²) in [5, 5.41) is 1.33. The van der Waals surface area contributed by atoms with Crippen LogP contribution in [0.25, 0.3) is 16.7 Å². The van der Waals surface area contributed by atoms with Crippen LogP contribution in [0.3, 0.4) is 0 Å². The molecule has 0 aliphatic carbocycles. The Morgan fingerprint density at radius 3 is 2.33 bits per heavy atom. The molecule has 90 valence electrons. The lowest BCUT2D eigenvalue weighted by Crippen LogP contribution is -2.00. The average Bonchev–Trinajstić information content (AvgIpc) is 2.66. The molecule has 3 rings (SSSR count). The van der Waals surface area contributed by atoms with Crippen LogP contribution in [0.2, 0.25) is 10.0 Å². The van der Waals surface area contributed by atoms with Crippen molar-refractivity contribution in [2.75, 3.05) is 5.73 Å². The van der Waals surface area contributed by atoms with Crippen molar-refractivity contribution in [3.05, 3.63) is 52.5 Å². The van der Waals surface area contributed by atoms with Crippen LogP contribution in [-0.4, -0.2) is 9.55 Å². The van der Waals surface area contributed by atoms with Gasteiger partial charge >= 0.3 is 0 Å². The maximum Gasteiger partial charge on any atom is 0.205 e. The number of rotatable bonds is 1. The molecule has 0 aliphatic heterocycles. The van der Waals surface area contributed by atoms with Crippen molar-refractivity contribution < 1.29 is 0 Å². The fraction of sp³-hybridized carbons (Fsp3) is 0. The van der Waals surface area contributed by atoms with Crippen molar-refractivity contribution in [3.63, 3.8) is 0 Å². The van der Waals surface area contributed by atoms with E-state index in [2.05, 4.69) is 4.98 Å². The van der Waals surface area contributed by atoms with Gasteiger partial charge in [0.2, 0.25) is 5.95 Å². The molecule has 3 aromatic rings. The van der Waals surface area contributed by atoms with Gasteiger partial charge in [0.1, 0.15) is 0 Å². The number of nitrogens with two attached hydrogens (primary N) is 1. The molecule has 0 saturated heterocycles. The minimum absolute atomic E-state index is 0.426. The summed E-state index contributed by atoms with van der Waals surface area (Å²) in [5.74, 6) is 0.426. The van der Waals surface area contributed by atoms with E-state index in [0.29, 0.717) is 16.0 Å². The zero-order valence-corrected chi connectivity index (χ0v) is 10.8. The Kier molecular flexibility index (Phi) is 2.65. The van der Waals surface area contributed by atoms with E-state index >= 15 is 0 Å². The fourth-order valence-electron chi connectivity index (χ4n) is 1.93. The zero-order chi connectivity index (χ0) is 12.7. The highest BCUT2D eigenvalue weighted by atomic mass is 35.5. The largest absolute Gasteiger partial charge is 0.369 e. The van der Waals surface area contributed by atoms with E-state index in [-0.39, 0.29) is 0 Å². The van der Waals surface area contributed by atoms with Gasteiger partial charge in [-0.25, -0.2) is 4.98 Å². The quantitative estimate of drug-likeness (QED) is 0.733. The average molecular weight is 278 g/mol. The highest BCUT2D eigenvalue weighted by Gasteiger charge is 2.10. The molecule has 5 heteroatoms. The van der Waals surface area contributed by atoms with Crippen LogP contribution < -0.4 is 5.73 Å². The lowest BCUT2D eigenvalue weighted by Gasteiger charge is -2.06. The highest BCUT2D eigenvalue weighted by Crippen LogP contribution is 2.26. The molecule has 0 spiro atoms. The molecule has 2 aromatic carbocycles. The first-order chi connectivity index (χ1) is 8.65. The summed E-state index contributed by atoms with van der Waals surface area (Å²) in [6.45, 7) is 0. The van der Waals surface area contributed by atoms with Crippen LogP contribution in [0.15, 0.2) is 42.5 Å². The standard InChI is InChI=1S/C13H9Cl2N3/c14-8-1-4-10(5-2-8)18-12-7-9(15)3-6-11(12)17-13(18)16/h1-7H,(H2,16,17). The second-order valence-electron chi connectivity index (χ2n) is 3.91. The molecule has 0 radical (unpaired) electrons. The number of halogens is 2. The molecule has 1 aromatic heterocycles. The third kappa shape index (κ3) is 1.82. The van der Waals surface area contributed by atoms with Gasteiger partial charge in [0.25, 0.3) is 0 Å². The highest BCUT2D eigenvalue weighted by molar-refractivity contribution is 6.31. The smallest absolute Gasteiger partial charge is 0.205 e. The Bertz CT molecular complexity index is 717. The van der Waals surface area contributed by atoms with Crippen LogP contribution in [0, 0.1) is 0 Å². The number of hydrogen-bond donors (Lipinski definition) is 1. The summed E-state index contributed by atoms with van der Waals surface area (Å²) in [7, 11) is 0. The Labute approximate surface area is 114 Å². The molecule has 0 aliphatic rings. The van der Waals surface area contributed by atoms with E-state index < -0.39 is 0 Å². The van der Waals surface area contributed by atoms with Gasteiger partial charge in [0.15, 0.2) is 0 Å². The molecule has 0 bridgehead atoms. The van der Waals surface area contributed by atoms with Crippen LogP contribution >= 0.6 is 23.2 Å². The molecule has 0 fully saturated rings. The van der Waals surface area contributed by atoms with Crippen LogP contribution in [0.1, 0.15) is 0 Å². The van der Waals surface area contributed by atoms with E-state index in [1.807, 2.05) is 41.0 Å². The topological polar surface area (TPSA) is 43.8 Å². The second-order valence-corrected chi connectivity index (χ2v) is 4.79. The number of benzene rings is 2. The van der Waals surface area contributed by atoms with Crippen LogP contribution in [0.5, 0.6) is 0 Å². The van der Waals surface area contributed by atoms with Gasteiger partial charge in [0, 0.05) is 15.7 Å². The van der Waals surface area contributed by atoms with E-state index in [1.165, 1.54) is 0 Å². The van der Waals surface area contributed by atoms with Crippen molar-refractivity contribution in [2.24, 2.45) is 0 Å². The first kappa shape index (κ1) is 11.4. The number of imidazole rings is 1. The Morgan fingerprint density at radius 2 is 1.61 bits per heavy atom. The Hall–Kier alpha value is -1.71. The van der Waals surface area contributed by atoms with Crippen LogP contribution in [-0.2, 0) is 0 Å². The predicted molar refractivity (Wildman–Crippen MR) is 75.5 cm³/mol. The maximum absolute atomic E-state index is 6.01. The normalized spacial score (nSPS) is 11.0. The summed E-state index contributed by atoms with van der Waals surface area (Å²) in [6.07, 6.45) is 0. The third-order valence-electron chi connectivity index (χ3n) is 2.73. The predicted octanol–water partition coefficient (Wildman–Crippen LogP) is 3.91. The molecular weight excluding hydrogens is 269 g/mol. The molecule has 0 unspecified atom stereocenters. The lowest BCUT2D eigenvalue weighted by atomic mass is 10.3. The number of nitrogen functional groups attached to an aromatic ring is 1. The van der Waals surface area contributed by atoms with Gasteiger partial charge in [-0.1, -0.05) is 23.2 Å². The van der Waals surface area contributed by atoms with Gasteiger partial charge in [0.05, 0.1) is 11.0 Å². The minimum atomic E-state index is 0.426.